The van der Waals surface area contributed by atoms with Crippen LogP contribution in [0.4, 0.5) is 11.5 Å². The van der Waals surface area contributed by atoms with E-state index in [9.17, 15) is 4.79 Å². The summed E-state index contributed by atoms with van der Waals surface area (Å²) in [5.41, 5.74) is 1.02. The van der Waals surface area contributed by atoms with E-state index < -0.39 is 0 Å². The van der Waals surface area contributed by atoms with Crippen molar-refractivity contribution in [2.45, 2.75) is 44.6 Å². The minimum atomic E-state index is -0.257. The number of nitrogens with zero attached hydrogens (tertiary/aromatic N) is 1. The fourth-order valence-corrected chi connectivity index (χ4v) is 3.60. The minimum Gasteiger partial charge on any atom is -0.493 e. The van der Waals surface area contributed by atoms with Crippen LogP contribution in [0.3, 0.4) is 0 Å². The van der Waals surface area contributed by atoms with Crippen LogP contribution in [-0.4, -0.2) is 38.3 Å². The molecule has 1 saturated carbocycles. The summed E-state index contributed by atoms with van der Waals surface area (Å²) in [7, 11) is 4.61. The molecule has 3 rings (SSSR count). The SMILES string of the molecule is COc1cc(NC(=O)c2ccc(NC3CCCCCC3)nc2)cc(OC)c1OC. The van der Waals surface area contributed by atoms with Crippen molar-refractivity contribution in [3.8, 4) is 17.2 Å². The number of benzene rings is 1. The average Bonchev–Trinajstić information content (AvgIpc) is 3.02. The molecule has 2 aromatic rings. The number of aromatic nitrogens is 1. The molecule has 1 fully saturated rings. The summed E-state index contributed by atoms with van der Waals surface area (Å²) in [6.07, 6.45) is 9.07. The molecule has 0 bridgehead atoms. The topological polar surface area (TPSA) is 81.7 Å². The first-order valence-corrected chi connectivity index (χ1v) is 9.98. The highest BCUT2D eigenvalue weighted by molar-refractivity contribution is 6.04. The second-order valence-electron chi connectivity index (χ2n) is 7.13. The molecule has 1 aliphatic carbocycles. The highest BCUT2D eigenvalue weighted by atomic mass is 16.5. The van der Waals surface area contributed by atoms with Crippen LogP contribution in [0.2, 0.25) is 0 Å². The standard InChI is InChI=1S/C22H29N3O4/c1-27-18-12-17(13-19(28-2)21(18)29-3)25-22(26)15-10-11-20(23-14-15)24-16-8-6-4-5-7-9-16/h10-14,16H,4-9H2,1-3H3,(H,23,24)(H,25,26). The molecule has 7 heteroatoms. The van der Waals surface area contributed by atoms with Crippen molar-refractivity contribution < 1.29 is 19.0 Å². The predicted molar refractivity (Wildman–Crippen MR) is 113 cm³/mol. The molecule has 0 atom stereocenters. The largest absolute Gasteiger partial charge is 0.493 e. The molecule has 1 heterocycles. The summed E-state index contributed by atoms with van der Waals surface area (Å²) < 4.78 is 16.0. The lowest BCUT2D eigenvalue weighted by molar-refractivity contribution is 0.102. The number of rotatable bonds is 7. The van der Waals surface area contributed by atoms with Gasteiger partial charge in [0.05, 0.1) is 26.9 Å². The van der Waals surface area contributed by atoms with E-state index in [-0.39, 0.29) is 5.91 Å². The first-order chi connectivity index (χ1) is 14.1. The van der Waals surface area contributed by atoms with Crippen LogP contribution in [0, 0.1) is 0 Å². The summed E-state index contributed by atoms with van der Waals surface area (Å²) >= 11 is 0. The summed E-state index contributed by atoms with van der Waals surface area (Å²) in [4.78, 5) is 17.0. The van der Waals surface area contributed by atoms with Gasteiger partial charge in [-0.1, -0.05) is 25.7 Å². The van der Waals surface area contributed by atoms with Crippen LogP contribution in [0.1, 0.15) is 48.9 Å². The fraction of sp³-hybridized carbons (Fsp3) is 0.455. The molecule has 0 spiro atoms. The van der Waals surface area contributed by atoms with Crippen molar-refractivity contribution in [2.24, 2.45) is 0 Å². The Morgan fingerprint density at radius 2 is 1.62 bits per heavy atom. The maximum atomic E-state index is 12.6. The van der Waals surface area contributed by atoms with Crippen LogP contribution < -0.4 is 24.8 Å². The average molecular weight is 399 g/mol. The maximum absolute atomic E-state index is 12.6. The van der Waals surface area contributed by atoms with Gasteiger partial charge in [-0.3, -0.25) is 4.79 Å². The van der Waals surface area contributed by atoms with Crippen LogP contribution in [0.25, 0.3) is 0 Å². The summed E-state index contributed by atoms with van der Waals surface area (Å²) in [5, 5.41) is 6.34. The van der Waals surface area contributed by atoms with Gasteiger partial charge >= 0.3 is 0 Å². The Labute approximate surface area is 171 Å². The van der Waals surface area contributed by atoms with Crippen molar-refractivity contribution in [3.05, 3.63) is 36.0 Å². The lowest BCUT2D eigenvalue weighted by Crippen LogP contribution is -2.19. The van der Waals surface area contributed by atoms with E-state index in [1.165, 1.54) is 59.9 Å². The Balaban J connectivity index is 1.67. The molecule has 0 saturated heterocycles. The van der Waals surface area contributed by atoms with E-state index >= 15 is 0 Å². The third-order valence-electron chi connectivity index (χ3n) is 5.16. The van der Waals surface area contributed by atoms with Crippen molar-refractivity contribution in [1.29, 1.82) is 0 Å². The maximum Gasteiger partial charge on any atom is 0.257 e. The number of amides is 1. The highest BCUT2D eigenvalue weighted by Gasteiger charge is 2.16. The quantitative estimate of drug-likeness (QED) is 0.668. The van der Waals surface area contributed by atoms with E-state index in [1.54, 1.807) is 24.4 Å². The summed E-state index contributed by atoms with van der Waals surface area (Å²) in [6, 6.07) is 7.47. The van der Waals surface area contributed by atoms with E-state index in [0.29, 0.717) is 34.5 Å². The summed E-state index contributed by atoms with van der Waals surface area (Å²) in [6.45, 7) is 0. The molecule has 2 N–H and O–H groups in total. The van der Waals surface area contributed by atoms with Gasteiger partial charge in [0.25, 0.3) is 5.91 Å². The smallest absolute Gasteiger partial charge is 0.257 e. The molecule has 0 unspecified atom stereocenters. The summed E-state index contributed by atoms with van der Waals surface area (Å²) in [5.74, 6) is 1.98. The molecule has 1 amide bonds. The fourth-order valence-electron chi connectivity index (χ4n) is 3.60. The molecule has 1 aliphatic rings. The number of anilines is 2. The molecular weight excluding hydrogens is 370 g/mol. The number of hydrogen-bond donors (Lipinski definition) is 2. The van der Waals surface area contributed by atoms with Crippen LogP contribution >= 0.6 is 0 Å². The lowest BCUT2D eigenvalue weighted by atomic mass is 10.1. The number of carbonyl (C=O) groups is 1. The Morgan fingerprint density at radius 3 is 2.14 bits per heavy atom. The normalized spacial score (nSPS) is 14.6. The lowest BCUT2D eigenvalue weighted by Gasteiger charge is -2.17. The third-order valence-corrected chi connectivity index (χ3v) is 5.16. The van der Waals surface area contributed by atoms with Crippen molar-refractivity contribution >= 4 is 17.4 Å². The van der Waals surface area contributed by atoms with Gasteiger partial charge in [0.15, 0.2) is 11.5 Å². The van der Waals surface area contributed by atoms with Crippen LogP contribution in [0.15, 0.2) is 30.5 Å². The van der Waals surface area contributed by atoms with Crippen LogP contribution in [-0.2, 0) is 0 Å². The zero-order chi connectivity index (χ0) is 20.6. The molecule has 0 aliphatic heterocycles. The van der Waals surface area contributed by atoms with Gasteiger partial charge in [0, 0.05) is 30.1 Å². The third kappa shape index (κ3) is 5.31. The minimum absolute atomic E-state index is 0.257. The Morgan fingerprint density at radius 1 is 0.966 bits per heavy atom. The number of carbonyl (C=O) groups excluding carboxylic acids is 1. The van der Waals surface area contributed by atoms with E-state index in [0.717, 1.165) is 5.82 Å². The van der Waals surface area contributed by atoms with Crippen molar-refractivity contribution in [3.63, 3.8) is 0 Å². The molecule has 7 nitrogen and oxygen atoms in total. The Bertz CT molecular complexity index is 790. The van der Waals surface area contributed by atoms with Crippen molar-refractivity contribution in [1.82, 2.24) is 4.98 Å². The van der Waals surface area contributed by atoms with Gasteiger partial charge in [-0.05, 0) is 25.0 Å². The second kappa shape index (κ2) is 10.0. The van der Waals surface area contributed by atoms with Gasteiger partial charge in [0.1, 0.15) is 5.82 Å². The van der Waals surface area contributed by atoms with Gasteiger partial charge in [0.2, 0.25) is 5.75 Å². The molecule has 29 heavy (non-hydrogen) atoms. The van der Waals surface area contributed by atoms with Gasteiger partial charge < -0.3 is 24.8 Å². The number of methoxy groups -OCH3 is 3. The highest BCUT2D eigenvalue weighted by Crippen LogP contribution is 2.40. The Hall–Kier alpha value is -2.96. The van der Waals surface area contributed by atoms with Gasteiger partial charge in [-0.2, -0.15) is 0 Å². The number of hydrogen-bond acceptors (Lipinski definition) is 6. The Kier molecular flexibility index (Phi) is 7.16. The van der Waals surface area contributed by atoms with Crippen LogP contribution in [0.5, 0.6) is 17.2 Å². The van der Waals surface area contributed by atoms with Gasteiger partial charge in [-0.25, -0.2) is 4.98 Å². The van der Waals surface area contributed by atoms with E-state index in [2.05, 4.69) is 15.6 Å². The van der Waals surface area contributed by atoms with E-state index in [1.807, 2.05) is 6.07 Å². The molecule has 0 radical (unpaired) electrons. The zero-order valence-corrected chi connectivity index (χ0v) is 17.3. The first kappa shape index (κ1) is 20.8. The molecular formula is C22H29N3O4. The monoisotopic (exact) mass is 399 g/mol. The molecule has 1 aromatic heterocycles. The van der Waals surface area contributed by atoms with E-state index in [4.69, 9.17) is 14.2 Å². The zero-order valence-electron chi connectivity index (χ0n) is 17.3. The predicted octanol–water partition coefficient (Wildman–Crippen LogP) is 4.49. The molecule has 1 aromatic carbocycles. The second-order valence-corrected chi connectivity index (χ2v) is 7.13. The number of pyridine rings is 1. The first-order valence-electron chi connectivity index (χ1n) is 9.98. The number of ether oxygens (including phenoxy) is 3. The molecule has 156 valence electrons. The van der Waals surface area contributed by atoms with Gasteiger partial charge in [-0.15, -0.1) is 0 Å². The van der Waals surface area contributed by atoms with Crippen molar-refractivity contribution in [2.75, 3.05) is 32.0 Å². The number of nitrogens with one attached hydrogen (secondary N) is 2.